The third kappa shape index (κ3) is 3.80. The van der Waals surface area contributed by atoms with Crippen LogP contribution in [0.2, 0.25) is 0 Å². The highest BCUT2D eigenvalue weighted by atomic mass is 32.2. The molecule has 0 aromatic rings. The van der Waals surface area contributed by atoms with Crippen LogP contribution in [0, 0.1) is 5.92 Å². The van der Waals surface area contributed by atoms with Crippen molar-refractivity contribution in [1.82, 2.24) is 4.90 Å². The van der Waals surface area contributed by atoms with E-state index in [1.54, 1.807) is 18.7 Å². The number of hydrogen-bond donors (Lipinski definition) is 0. The predicted molar refractivity (Wildman–Crippen MR) is 82.8 cm³/mol. The van der Waals surface area contributed by atoms with Gasteiger partial charge in [-0.1, -0.05) is 18.7 Å². The van der Waals surface area contributed by atoms with Crippen LogP contribution in [-0.2, 0) is 28.6 Å². The number of carbonyl (C=O) groups excluding carboxylic acids is 3. The molecule has 128 valence electrons. The average Bonchev–Trinajstić information content (AvgIpc) is 2.84. The van der Waals surface area contributed by atoms with Crippen LogP contribution in [0.4, 0.5) is 0 Å². The fraction of sp³-hybridized carbons (Fsp3) is 0.667. The predicted octanol–water partition coefficient (Wildman–Crippen LogP) is 1.63. The Labute approximate surface area is 139 Å². The van der Waals surface area contributed by atoms with E-state index in [1.807, 2.05) is 6.92 Å². The van der Waals surface area contributed by atoms with Gasteiger partial charge in [0, 0.05) is 26.3 Å². The first-order valence-corrected chi connectivity index (χ1v) is 8.31. The molecule has 0 aromatic heterocycles. The zero-order valence-corrected chi connectivity index (χ0v) is 14.6. The van der Waals surface area contributed by atoms with Crippen molar-refractivity contribution in [2.75, 3.05) is 6.54 Å². The maximum absolute atomic E-state index is 12.3. The standard InChI is InChI=1S/C15H21NO6S/c1-7(2)20-14(19)11-8(3)6-16-12(21-9(4)17)15(22-10(5)18)23-13(11)16/h7-8,12,15H,6H2,1-5H3. The Morgan fingerprint density at radius 1 is 1.17 bits per heavy atom. The lowest BCUT2D eigenvalue weighted by Crippen LogP contribution is -2.39. The molecule has 0 spiro atoms. The van der Waals surface area contributed by atoms with E-state index in [4.69, 9.17) is 14.2 Å². The largest absolute Gasteiger partial charge is 0.460 e. The van der Waals surface area contributed by atoms with Gasteiger partial charge in [0.1, 0.15) is 0 Å². The first kappa shape index (κ1) is 17.7. The molecular formula is C15H21NO6S. The highest BCUT2D eigenvalue weighted by Gasteiger charge is 2.50. The maximum Gasteiger partial charge on any atom is 0.337 e. The smallest absolute Gasteiger partial charge is 0.337 e. The zero-order valence-electron chi connectivity index (χ0n) is 13.8. The molecule has 0 bridgehead atoms. The molecule has 0 N–H and O–H groups in total. The second-order valence-electron chi connectivity index (χ2n) is 5.82. The van der Waals surface area contributed by atoms with E-state index in [9.17, 15) is 14.4 Å². The maximum atomic E-state index is 12.3. The van der Waals surface area contributed by atoms with Gasteiger partial charge < -0.3 is 19.1 Å². The summed E-state index contributed by atoms with van der Waals surface area (Å²) in [7, 11) is 0. The van der Waals surface area contributed by atoms with Crippen LogP contribution in [0.5, 0.6) is 0 Å². The summed E-state index contributed by atoms with van der Waals surface area (Å²) < 4.78 is 15.8. The van der Waals surface area contributed by atoms with Gasteiger partial charge in [0.25, 0.3) is 0 Å². The minimum Gasteiger partial charge on any atom is -0.460 e. The first-order valence-electron chi connectivity index (χ1n) is 7.43. The molecule has 8 heteroatoms. The van der Waals surface area contributed by atoms with Gasteiger partial charge in [-0.15, -0.1) is 0 Å². The van der Waals surface area contributed by atoms with Gasteiger partial charge >= 0.3 is 17.9 Å². The molecule has 2 aliphatic rings. The Morgan fingerprint density at radius 3 is 2.30 bits per heavy atom. The number of fused-ring (bicyclic) bond motifs is 1. The molecule has 0 saturated carbocycles. The molecule has 23 heavy (non-hydrogen) atoms. The number of esters is 3. The summed E-state index contributed by atoms with van der Waals surface area (Å²) in [5.41, 5.74) is -0.156. The highest BCUT2D eigenvalue weighted by Crippen LogP contribution is 2.48. The average molecular weight is 343 g/mol. The van der Waals surface area contributed by atoms with Crippen molar-refractivity contribution in [2.24, 2.45) is 5.92 Å². The van der Waals surface area contributed by atoms with Crippen LogP contribution in [-0.4, -0.2) is 47.1 Å². The summed E-state index contributed by atoms with van der Waals surface area (Å²) in [6.07, 6.45) is -0.958. The molecule has 2 heterocycles. The Kier molecular flexibility index (Phi) is 5.23. The third-order valence-electron chi connectivity index (χ3n) is 3.35. The Morgan fingerprint density at radius 2 is 1.78 bits per heavy atom. The molecule has 0 amide bonds. The lowest BCUT2D eigenvalue weighted by atomic mass is 10.1. The van der Waals surface area contributed by atoms with Crippen LogP contribution in [0.3, 0.4) is 0 Å². The van der Waals surface area contributed by atoms with Crippen LogP contribution in [0.15, 0.2) is 10.6 Å². The van der Waals surface area contributed by atoms with Gasteiger partial charge in [0.2, 0.25) is 11.7 Å². The Hall–Kier alpha value is -1.70. The fourth-order valence-electron chi connectivity index (χ4n) is 2.60. The molecule has 2 aliphatic heterocycles. The van der Waals surface area contributed by atoms with E-state index in [2.05, 4.69) is 0 Å². The molecule has 0 aromatic carbocycles. The van der Waals surface area contributed by atoms with Crippen molar-refractivity contribution in [3.63, 3.8) is 0 Å². The van der Waals surface area contributed by atoms with Crippen molar-refractivity contribution in [3.8, 4) is 0 Å². The van der Waals surface area contributed by atoms with E-state index < -0.39 is 23.6 Å². The SMILES string of the molecule is CC(=O)OC1SC2=C(C(=O)OC(C)C)C(C)CN2C1OC(C)=O. The van der Waals surface area contributed by atoms with E-state index >= 15 is 0 Å². The quantitative estimate of drug-likeness (QED) is 0.563. The summed E-state index contributed by atoms with van der Waals surface area (Å²) in [6.45, 7) is 8.57. The molecule has 1 fully saturated rings. The first-order chi connectivity index (χ1) is 10.7. The highest BCUT2D eigenvalue weighted by molar-refractivity contribution is 8.03. The molecule has 2 rings (SSSR count). The van der Waals surface area contributed by atoms with E-state index in [0.29, 0.717) is 17.1 Å². The molecule has 1 saturated heterocycles. The number of carbonyl (C=O) groups is 3. The lowest BCUT2D eigenvalue weighted by Gasteiger charge is -2.25. The Bertz CT molecular complexity index is 558. The normalized spacial score (nSPS) is 26.3. The van der Waals surface area contributed by atoms with Gasteiger partial charge in [-0.2, -0.15) is 0 Å². The number of nitrogens with zero attached hydrogens (tertiary/aromatic N) is 1. The summed E-state index contributed by atoms with van der Waals surface area (Å²) >= 11 is 1.21. The summed E-state index contributed by atoms with van der Waals surface area (Å²) in [4.78, 5) is 36.8. The minimum absolute atomic E-state index is 0.0555. The number of ether oxygens (including phenoxy) is 3. The fourth-order valence-corrected chi connectivity index (χ4v) is 4.05. The van der Waals surface area contributed by atoms with Crippen LogP contribution >= 0.6 is 11.8 Å². The van der Waals surface area contributed by atoms with E-state index in [0.717, 1.165) is 0 Å². The van der Waals surface area contributed by atoms with Gasteiger partial charge in [-0.25, -0.2) is 4.79 Å². The molecule has 3 unspecified atom stereocenters. The van der Waals surface area contributed by atoms with Crippen molar-refractivity contribution in [2.45, 2.75) is 52.4 Å². The number of rotatable bonds is 4. The summed E-state index contributed by atoms with van der Waals surface area (Å²) in [5.74, 6) is -1.39. The van der Waals surface area contributed by atoms with Crippen LogP contribution < -0.4 is 0 Å². The monoisotopic (exact) mass is 343 g/mol. The Balaban J connectivity index is 2.31. The molecule has 3 atom stereocenters. The zero-order chi connectivity index (χ0) is 17.3. The number of hydrogen-bond acceptors (Lipinski definition) is 8. The van der Waals surface area contributed by atoms with Gasteiger partial charge in [0.05, 0.1) is 16.7 Å². The number of thioether (sulfide) groups is 1. The van der Waals surface area contributed by atoms with Crippen LogP contribution in [0.25, 0.3) is 0 Å². The van der Waals surface area contributed by atoms with E-state index in [-0.39, 0.29) is 18.0 Å². The topological polar surface area (TPSA) is 82.1 Å². The third-order valence-corrected chi connectivity index (χ3v) is 4.59. The van der Waals surface area contributed by atoms with Crippen molar-refractivity contribution >= 4 is 29.7 Å². The summed E-state index contributed by atoms with van der Waals surface area (Å²) in [5, 5.41) is 0.653. The van der Waals surface area contributed by atoms with Crippen molar-refractivity contribution in [3.05, 3.63) is 10.6 Å². The van der Waals surface area contributed by atoms with Crippen molar-refractivity contribution < 1.29 is 28.6 Å². The lowest BCUT2D eigenvalue weighted by molar-refractivity contribution is -0.167. The molecule has 0 radical (unpaired) electrons. The van der Waals surface area contributed by atoms with Gasteiger partial charge in [-0.3, -0.25) is 9.59 Å². The van der Waals surface area contributed by atoms with Crippen LogP contribution in [0.1, 0.15) is 34.6 Å². The minimum atomic E-state index is -0.733. The van der Waals surface area contributed by atoms with E-state index in [1.165, 1.54) is 25.6 Å². The van der Waals surface area contributed by atoms with Gasteiger partial charge in [0.15, 0.2) is 0 Å². The second-order valence-corrected chi connectivity index (χ2v) is 6.91. The molecular weight excluding hydrogens is 322 g/mol. The van der Waals surface area contributed by atoms with Crippen molar-refractivity contribution in [1.29, 1.82) is 0 Å². The second kappa shape index (κ2) is 6.82. The van der Waals surface area contributed by atoms with Gasteiger partial charge in [-0.05, 0) is 13.8 Å². The molecule has 7 nitrogen and oxygen atoms in total. The summed E-state index contributed by atoms with van der Waals surface area (Å²) in [6, 6.07) is 0. The molecule has 0 aliphatic carbocycles.